The zero-order valence-corrected chi connectivity index (χ0v) is 17.2. The van der Waals surface area contributed by atoms with Gasteiger partial charge in [0, 0.05) is 36.9 Å². The Labute approximate surface area is 176 Å². The molecule has 30 heavy (non-hydrogen) atoms. The monoisotopic (exact) mass is 427 g/mol. The van der Waals surface area contributed by atoms with Crippen LogP contribution in [0.1, 0.15) is 16.2 Å². The number of carbonyl (C=O) groups excluding carboxylic acids is 1. The van der Waals surface area contributed by atoms with Crippen LogP contribution in [0, 0.1) is 17.0 Å². The molecule has 3 rings (SSSR count). The van der Waals surface area contributed by atoms with Crippen LogP contribution in [0.2, 0.25) is 5.02 Å². The standard InChI is InChI=1S/C20H18ClN5O4/c1-12-10-18(27)19(23-25(12)16-6-4-5-7-17(16)26(29)30)20(28)22-14-11-13(21)8-9-15(14)24(2)3/h4-11H,1-3H3,(H,22,28). The highest BCUT2D eigenvalue weighted by Crippen LogP contribution is 2.28. The quantitative estimate of drug-likeness (QED) is 0.493. The number of hydrogen-bond donors (Lipinski definition) is 1. The van der Waals surface area contributed by atoms with Crippen LogP contribution in [-0.4, -0.2) is 34.7 Å². The summed E-state index contributed by atoms with van der Waals surface area (Å²) in [5, 5.41) is 18.6. The Morgan fingerprint density at radius 3 is 2.57 bits per heavy atom. The van der Waals surface area contributed by atoms with Crippen molar-refractivity contribution in [3.05, 3.63) is 85.3 Å². The van der Waals surface area contributed by atoms with Crippen molar-refractivity contribution >= 4 is 34.6 Å². The van der Waals surface area contributed by atoms with E-state index in [1.54, 1.807) is 50.2 Å². The van der Waals surface area contributed by atoms with Gasteiger partial charge in [-0.15, -0.1) is 0 Å². The van der Waals surface area contributed by atoms with Crippen LogP contribution in [0.5, 0.6) is 0 Å². The smallest absolute Gasteiger partial charge is 0.294 e. The molecule has 1 heterocycles. The molecular weight excluding hydrogens is 410 g/mol. The Hall–Kier alpha value is -3.72. The van der Waals surface area contributed by atoms with Crippen LogP contribution in [0.4, 0.5) is 17.1 Å². The second-order valence-corrected chi connectivity index (χ2v) is 7.10. The maximum atomic E-state index is 12.9. The summed E-state index contributed by atoms with van der Waals surface area (Å²) in [6.45, 7) is 1.58. The van der Waals surface area contributed by atoms with E-state index in [9.17, 15) is 19.7 Å². The third kappa shape index (κ3) is 4.15. The van der Waals surface area contributed by atoms with Crippen molar-refractivity contribution in [3.63, 3.8) is 0 Å². The van der Waals surface area contributed by atoms with Crippen molar-refractivity contribution in [2.75, 3.05) is 24.3 Å². The molecule has 0 atom stereocenters. The summed E-state index contributed by atoms with van der Waals surface area (Å²) in [4.78, 5) is 37.9. The summed E-state index contributed by atoms with van der Waals surface area (Å²) in [6, 6.07) is 12.1. The number of amides is 1. The van der Waals surface area contributed by atoms with Crippen molar-refractivity contribution < 1.29 is 9.72 Å². The fraction of sp³-hybridized carbons (Fsp3) is 0.150. The molecule has 3 aromatic rings. The molecule has 9 nitrogen and oxygen atoms in total. The molecule has 2 aromatic carbocycles. The summed E-state index contributed by atoms with van der Waals surface area (Å²) >= 11 is 6.04. The van der Waals surface area contributed by atoms with Crippen LogP contribution < -0.4 is 15.6 Å². The van der Waals surface area contributed by atoms with Crippen molar-refractivity contribution in [2.24, 2.45) is 0 Å². The van der Waals surface area contributed by atoms with Gasteiger partial charge in [-0.1, -0.05) is 23.7 Å². The van der Waals surface area contributed by atoms with E-state index in [-0.39, 0.29) is 11.4 Å². The van der Waals surface area contributed by atoms with Gasteiger partial charge in [-0.25, -0.2) is 4.68 Å². The molecule has 0 radical (unpaired) electrons. The maximum absolute atomic E-state index is 12.9. The highest BCUT2D eigenvalue weighted by Gasteiger charge is 2.21. The van der Waals surface area contributed by atoms with Gasteiger partial charge in [0.05, 0.1) is 16.3 Å². The molecule has 0 fully saturated rings. The van der Waals surface area contributed by atoms with Crippen molar-refractivity contribution in [1.29, 1.82) is 0 Å². The number of rotatable bonds is 5. The molecule has 0 aliphatic carbocycles. The topological polar surface area (TPSA) is 110 Å². The maximum Gasteiger partial charge on any atom is 0.294 e. The number of aryl methyl sites for hydroxylation is 1. The minimum Gasteiger partial charge on any atom is -0.376 e. The van der Waals surface area contributed by atoms with Gasteiger partial charge in [0.15, 0.2) is 5.69 Å². The summed E-state index contributed by atoms with van der Waals surface area (Å²) in [7, 11) is 3.59. The predicted octanol–water partition coefficient (Wildman–Crippen LogP) is 3.42. The van der Waals surface area contributed by atoms with E-state index in [4.69, 9.17) is 11.6 Å². The molecule has 154 valence electrons. The molecule has 0 aliphatic rings. The van der Waals surface area contributed by atoms with Crippen LogP contribution in [0.15, 0.2) is 53.3 Å². The number of halogens is 1. The third-order valence-electron chi connectivity index (χ3n) is 4.32. The Morgan fingerprint density at radius 1 is 1.20 bits per heavy atom. The first kappa shape index (κ1) is 21.0. The van der Waals surface area contributed by atoms with Gasteiger partial charge in [0.25, 0.3) is 11.6 Å². The normalized spacial score (nSPS) is 10.5. The van der Waals surface area contributed by atoms with Gasteiger partial charge in [-0.2, -0.15) is 5.10 Å². The van der Waals surface area contributed by atoms with Gasteiger partial charge in [0.1, 0.15) is 5.69 Å². The zero-order valence-electron chi connectivity index (χ0n) is 16.4. The van der Waals surface area contributed by atoms with Crippen molar-refractivity contribution in [2.45, 2.75) is 6.92 Å². The van der Waals surface area contributed by atoms with Crippen LogP contribution in [0.25, 0.3) is 5.69 Å². The number of aromatic nitrogens is 2. The first-order chi connectivity index (χ1) is 14.2. The number of nitrogens with zero attached hydrogens (tertiary/aromatic N) is 4. The van der Waals surface area contributed by atoms with E-state index in [0.29, 0.717) is 22.1 Å². The Balaban J connectivity index is 2.08. The lowest BCUT2D eigenvalue weighted by molar-refractivity contribution is -0.384. The van der Waals surface area contributed by atoms with Gasteiger partial charge in [-0.05, 0) is 31.2 Å². The van der Waals surface area contributed by atoms with Crippen molar-refractivity contribution in [1.82, 2.24) is 9.78 Å². The summed E-state index contributed by atoms with van der Waals surface area (Å²) in [6.07, 6.45) is 0. The highest BCUT2D eigenvalue weighted by molar-refractivity contribution is 6.31. The van der Waals surface area contributed by atoms with Crippen molar-refractivity contribution in [3.8, 4) is 5.69 Å². The van der Waals surface area contributed by atoms with Crippen LogP contribution in [0.3, 0.4) is 0 Å². The fourth-order valence-electron chi connectivity index (χ4n) is 2.93. The molecule has 0 spiro atoms. The lowest BCUT2D eigenvalue weighted by Gasteiger charge is -2.18. The van der Waals surface area contributed by atoms with E-state index in [1.807, 2.05) is 0 Å². The molecule has 1 aromatic heterocycles. The van der Waals surface area contributed by atoms with Gasteiger partial charge in [0.2, 0.25) is 5.43 Å². The number of nitrogens with one attached hydrogen (secondary N) is 1. The molecule has 0 saturated carbocycles. The highest BCUT2D eigenvalue weighted by atomic mass is 35.5. The molecule has 0 unspecified atom stereocenters. The average Bonchev–Trinajstić information content (AvgIpc) is 2.67. The molecule has 0 saturated heterocycles. The van der Waals surface area contributed by atoms with E-state index in [1.165, 1.54) is 28.9 Å². The fourth-order valence-corrected chi connectivity index (χ4v) is 3.10. The largest absolute Gasteiger partial charge is 0.376 e. The minimum absolute atomic E-state index is 0.144. The molecule has 1 N–H and O–H groups in total. The zero-order chi connectivity index (χ0) is 22.0. The van der Waals surface area contributed by atoms with E-state index >= 15 is 0 Å². The number of nitro groups is 1. The number of benzene rings is 2. The molecule has 0 aliphatic heterocycles. The molecule has 1 amide bonds. The van der Waals surface area contributed by atoms with E-state index in [0.717, 1.165) is 0 Å². The predicted molar refractivity (Wildman–Crippen MR) is 115 cm³/mol. The van der Waals surface area contributed by atoms with Crippen LogP contribution in [-0.2, 0) is 0 Å². The molecule has 10 heteroatoms. The molecule has 0 bridgehead atoms. The van der Waals surface area contributed by atoms with E-state index in [2.05, 4.69) is 10.4 Å². The number of carbonyl (C=O) groups is 1. The van der Waals surface area contributed by atoms with Gasteiger partial charge >= 0.3 is 0 Å². The summed E-state index contributed by atoms with van der Waals surface area (Å²) < 4.78 is 1.21. The first-order valence-electron chi connectivity index (χ1n) is 8.82. The second kappa shape index (κ2) is 8.34. The first-order valence-corrected chi connectivity index (χ1v) is 9.20. The summed E-state index contributed by atoms with van der Waals surface area (Å²) in [5.74, 6) is -0.752. The number of hydrogen-bond acceptors (Lipinski definition) is 6. The number of anilines is 2. The summed E-state index contributed by atoms with van der Waals surface area (Å²) in [5.41, 5.74) is 0.369. The van der Waals surface area contributed by atoms with Gasteiger partial charge < -0.3 is 10.2 Å². The van der Waals surface area contributed by atoms with Gasteiger partial charge in [-0.3, -0.25) is 19.7 Å². The number of nitro benzene ring substituents is 1. The van der Waals surface area contributed by atoms with Crippen LogP contribution >= 0.6 is 11.6 Å². The van der Waals surface area contributed by atoms with E-state index < -0.39 is 22.0 Å². The number of para-hydroxylation sites is 2. The average molecular weight is 428 g/mol. The third-order valence-corrected chi connectivity index (χ3v) is 4.55. The Bertz CT molecular complexity index is 1210. The lowest BCUT2D eigenvalue weighted by Crippen LogP contribution is -2.27. The molecular formula is C20H18ClN5O4. The lowest BCUT2D eigenvalue weighted by atomic mass is 10.2. The Kier molecular flexibility index (Phi) is 5.84. The second-order valence-electron chi connectivity index (χ2n) is 6.67. The SMILES string of the molecule is Cc1cc(=O)c(C(=O)Nc2cc(Cl)ccc2N(C)C)nn1-c1ccccc1[N+](=O)[O-]. The minimum atomic E-state index is -0.752. The Morgan fingerprint density at radius 2 is 1.90 bits per heavy atom.